The van der Waals surface area contributed by atoms with Crippen molar-refractivity contribution in [2.75, 3.05) is 43.1 Å². The molecule has 0 aliphatic carbocycles. The Morgan fingerprint density at radius 2 is 1.70 bits per heavy atom. The van der Waals surface area contributed by atoms with Crippen LogP contribution in [-0.4, -0.2) is 70.8 Å². The van der Waals surface area contributed by atoms with Crippen LogP contribution >= 0.6 is 22.9 Å². The Morgan fingerprint density at radius 3 is 2.33 bits per heavy atom. The van der Waals surface area contributed by atoms with Crippen molar-refractivity contribution in [2.45, 2.75) is 16.2 Å². The van der Waals surface area contributed by atoms with Crippen molar-refractivity contribution >= 4 is 63.9 Å². The van der Waals surface area contributed by atoms with Gasteiger partial charge < -0.3 is 9.80 Å². The first kappa shape index (κ1) is 23.9. The van der Waals surface area contributed by atoms with Gasteiger partial charge in [-0.25, -0.2) is 21.8 Å². The zero-order valence-corrected chi connectivity index (χ0v) is 21.0. The average molecular weight is 528 g/mol. The molecule has 0 bridgehead atoms. The first-order valence-corrected chi connectivity index (χ1v) is 14.9. The van der Waals surface area contributed by atoms with E-state index in [1.807, 2.05) is 11.0 Å². The third-order valence-corrected chi connectivity index (χ3v) is 9.62. The number of aromatic nitrogens is 1. The largest absolute Gasteiger partial charge is 0.345 e. The maximum atomic E-state index is 12.6. The zero-order valence-electron chi connectivity index (χ0n) is 17.8. The molecule has 4 rings (SSSR count). The summed E-state index contributed by atoms with van der Waals surface area (Å²) in [5.41, 5.74) is 0.464. The summed E-state index contributed by atoms with van der Waals surface area (Å²) >= 11 is 7.22. The number of carbonyl (C=O) groups is 1. The highest BCUT2D eigenvalue weighted by Gasteiger charge is 2.26. The molecule has 1 fully saturated rings. The van der Waals surface area contributed by atoms with Crippen molar-refractivity contribution < 1.29 is 21.6 Å². The molecule has 1 aromatic heterocycles. The molecule has 12 heteroatoms. The van der Waals surface area contributed by atoms with Crippen LogP contribution in [-0.2, 0) is 24.5 Å². The van der Waals surface area contributed by atoms with Gasteiger partial charge in [0.2, 0.25) is 5.91 Å². The fourth-order valence-corrected chi connectivity index (χ4v) is 6.93. The lowest BCUT2D eigenvalue weighted by molar-refractivity contribution is -0.131. The van der Waals surface area contributed by atoms with Crippen LogP contribution in [0.15, 0.2) is 52.3 Å². The summed E-state index contributed by atoms with van der Waals surface area (Å²) in [6.45, 7) is 1.94. The van der Waals surface area contributed by atoms with E-state index in [4.69, 9.17) is 11.6 Å². The maximum Gasteiger partial charge on any atom is 0.223 e. The summed E-state index contributed by atoms with van der Waals surface area (Å²) in [7, 11) is -6.96. The van der Waals surface area contributed by atoms with Gasteiger partial charge in [0.1, 0.15) is 5.52 Å². The van der Waals surface area contributed by atoms with E-state index in [0.717, 1.165) is 11.0 Å². The van der Waals surface area contributed by atoms with Crippen LogP contribution in [0, 0.1) is 0 Å². The van der Waals surface area contributed by atoms with Crippen molar-refractivity contribution in [1.82, 2.24) is 9.88 Å². The third kappa shape index (κ3) is 5.32. The predicted octanol–water partition coefficient (Wildman–Crippen LogP) is 2.87. The lowest BCUT2D eigenvalue weighted by Gasteiger charge is -2.34. The number of nitrogens with zero attached hydrogens (tertiary/aromatic N) is 3. The van der Waals surface area contributed by atoms with Gasteiger partial charge in [0, 0.05) is 43.9 Å². The number of hydrogen-bond acceptors (Lipinski definition) is 8. The number of anilines is 1. The van der Waals surface area contributed by atoms with Gasteiger partial charge in [-0.1, -0.05) is 29.0 Å². The predicted molar refractivity (Wildman–Crippen MR) is 130 cm³/mol. The van der Waals surface area contributed by atoms with E-state index < -0.39 is 19.7 Å². The van der Waals surface area contributed by atoms with Crippen molar-refractivity contribution in [3.8, 4) is 0 Å². The Kier molecular flexibility index (Phi) is 6.68. The van der Waals surface area contributed by atoms with Gasteiger partial charge in [-0.3, -0.25) is 4.79 Å². The molecule has 1 saturated heterocycles. The Labute approximate surface area is 201 Å². The van der Waals surface area contributed by atoms with Gasteiger partial charge >= 0.3 is 0 Å². The van der Waals surface area contributed by atoms with E-state index in [1.54, 1.807) is 17.0 Å². The summed E-state index contributed by atoms with van der Waals surface area (Å²) in [6.07, 6.45) is 1.07. The number of halogens is 1. The molecule has 1 aliphatic heterocycles. The van der Waals surface area contributed by atoms with Gasteiger partial charge in [-0.15, -0.1) is 0 Å². The third-order valence-electron chi connectivity index (χ3n) is 5.43. The van der Waals surface area contributed by atoms with Gasteiger partial charge in [-0.05, 0) is 36.4 Å². The number of amides is 1. The molecule has 176 valence electrons. The number of hydrogen-bond donors (Lipinski definition) is 0. The molecule has 3 aromatic rings. The molecule has 0 unspecified atom stereocenters. The number of fused-ring (bicyclic) bond motifs is 1. The van der Waals surface area contributed by atoms with Crippen LogP contribution in [0.2, 0.25) is 5.02 Å². The molecule has 1 amide bonds. The molecule has 0 atom stereocenters. The van der Waals surface area contributed by atoms with Gasteiger partial charge in [0.25, 0.3) is 0 Å². The summed E-state index contributed by atoms with van der Waals surface area (Å²) in [4.78, 5) is 21.2. The van der Waals surface area contributed by atoms with E-state index in [1.165, 1.54) is 35.6 Å². The van der Waals surface area contributed by atoms with Crippen molar-refractivity contribution in [2.24, 2.45) is 0 Å². The fourth-order valence-electron chi connectivity index (χ4n) is 3.63. The summed E-state index contributed by atoms with van der Waals surface area (Å²) in [5.74, 6) is -0.476. The molecular formula is C21H22ClN3O5S3. The van der Waals surface area contributed by atoms with E-state index >= 15 is 0 Å². The monoisotopic (exact) mass is 527 g/mol. The Morgan fingerprint density at radius 1 is 1.03 bits per heavy atom. The van der Waals surface area contributed by atoms with Crippen LogP contribution in [0.5, 0.6) is 0 Å². The second-order valence-corrected chi connectivity index (χ2v) is 13.3. The molecule has 8 nitrogen and oxygen atoms in total. The summed E-state index contributed by atoms with van der Waals surface area (Å²) < 4.78 is 49.8. The molecule has 1 aliphatic rings. The van der Waals surface area contributed by atoms with E-state index in [-0.39, 0.29) is 27.9 Å². The lowest BCUT2D eigenvalue weighted by atomic mass is 10.3. The molecule has 0 spiro atoms. The van der Waals surface area contributed by atoms with Crippen LogP contribution < -0.4 is 4.90 Å². The number of sulfone groups is 2. The Hall–Kier alpha value is -2.21. The second-order valence-electron chi connectivity index (χ2n) is 7.76. The smallest absolute Gasteiger partial charge is 0.223 e. The van der Waals surface area contributed by atoms with Gasteiger partial charge in [0.15, 0.2) is 24.8 Å². The number of benzene rings is 2. The van der Waals surface area contributed by atoms with Crippen LogP contribution in [0.1, 0.15) is 6.42 Å². The number of rotatable bonds is 6. The van der Waals surface area contributed by atoms with Crippen LogP contribution in [0.4, 0.5) is 5.13 Å². The number of para-hydroxylation sites is 1. The Bertz CT molecular complexity index is 1390. The number of thiazole rings is 1. The highest BCUT2D eigenvalue weighted by Crippen LogP contribution is 2.33. The van der Waals surface area contributed by atoms with Crippen molar-refractivity contribution in [1.29, 1.82) is 0 Å². The first-order valence-electron chi connectivity index (χ1n) is 10.2. The van der Waals surface area contributed by atoms with E-state index in [0.29, 0.717) is 41.8 Å². The molecule has 2 heterocycles. The van der Waals surface area contributed by atoms with Gasteiger partial charge in [0.05, 0.1) is 20.2 Å². The topological polar surface area (TPSA) is 105 Å². The Balaban J connectivity index is 1.38. The minimum absolute atomic E-state index is 0.0934. The minimum Gasteiger partial charge on any atom is -0.345 e. The normalized spacial score (nSPS) is 15.2. The highest BCUT2D eigenvalue weighted by atomic mass is 35.5. The van der Waals surface area contributed by atoms with Crippen LogP contribution in [0.3, 0.4) is 0 Å². The first-order chi connectivity index (χ1) is 15.5. The van der Waals surface area contributed by atoms with Gasteiger partial charge in [-0.2, -0.15) is 0 Å². The maximum absolute atomic E-state index is 12.6. The molecule has 2 aromatic carbocycles. The molecule has 0 N–H and O–H groups in total. The SMILES string of the molecule is CS(=O)(=O)c1cccc2sc(N3CCN(C(=O)CCS(=O)(=O)c4ccc(Cl)cc4)CC3)nc12. The molecule has 0 radical (unpaired) electrons. The quantitative estimate of drug-likeness (QED) is 0.485. The van der Waals surface area contributed by atoms with E-state index in [2.05, 4.69) is 4.98 Å². The standard InChI is InChI=1S/C21H22ClN3O5S3/c1-32(27,28)18-4-2-3-17-20(18)23-21(31-17)25-12-10-24(11-13-25)19(26)9-14-33(29,30)16-7-5-15(22)6-8-16/h2-8H,9-14H2,1H3. The second kappa shape index (κ2) is 9.21. The highest BCUT2D eigenvalue weighted by molar-refractivity contribution is 7.91. The summed E-state index contributed by atoms with van der Waals surface area (Å²) in [6, 6.07) is 11.0. The summed E-state index contributed by atoms with van der Waals surface area (Å²) in [5, 5.41) is 1.15. The zero-order chi connectivity index (χ0) is 23.8. The molecule has 0 saturated carbocycles. The van der Waals surface area contributed by atoms with Crippen molar-refractivity contribution in [3.05, 3.63) is 47.5 Å². The van der Waals surface area contributed by atoms with Crippen LogP contribution in [0.25, 0.3) is 10.2 Å². The molecular weight excluding hydrogens is 506 g/mol. The number of piperazine rings is 1. The van der Waals surface area contributed by atoms with E-state index in [9.17, 15) is 21.6 Å². The fraction of sp³-hybridized carbons (Fsp3) is 0.333. The number of carbonyl (C=O) groups excluding carboxylic acids is 1. The lowest BCUT2D eigenvalue weighted by Crippen LogP contribution is -2.49. The molecule has 33 heavy (non-hydrogen) atoms. The minimum atomic E-state index is -3.57. The van der Waals surface area contributed by atoms with Crippen molar-refractivity contribution in [3.63, 3.8) is 0 Å². The average Bonchev–Trinajstić information content (AvgIpc) is 3.21.